The van der Waals surface area contributed by atoms with Crippen molar-refractivity contribution >= 4 is 34.6 Å². The van der Waals surface area contributed by atoms with E-state index in [9.17, 15) is 19.2 Å². The molecule has 0 bridgehead atoms. The summed E-state index contributed by atoms with van der Waals surface area (Å²) < 4.78 is 20.6. The molecular weight excluding hydrogens is 584 g/mol. The molecule has 8 nitrogen and oxygen atoms in total. The second-order valence-electron chi connectivity index (χ2n) is 10.4. The zero-order valence-corrected chi connectivity index (χ0v) is 26.2. The van der Waals surface area contributed by atoms with Crippen LogP contribution in [0, 0.1) is 0 Å². The van der Waals surface area contributed by atoms with Gasteiger partial charge in [0.05, 0.1) is 0 Å². The van der Waals surface area contributed by atoms with Crippen LogP contribution in [-0.2, 0) is 19.2 Å². The second-order valence-corrected chi connectivity index (χ2v) is 10.4. The highest BCUT2D eigenvalue weighted by Crippen LogP contribution is 2.27. The molecule has 0 atom stereocenters. The molecule has 0 aliphatic rings. The van der Waals surface area contributed by atoms with E-state index in [4.69, 9.17) is 18.9 Å². The molecule has 0 aromatic heterocycles. The van der Waals surface area contributed by atoms with E-state index >= 15 is 0 Å². The Labute approximate surface area is 267 Å². The standard InChI is InChI=1S/C20H18O4.C18H16O4/c1-13(2)19(21)23-17-9-5-15(6-10-17)16-7-11-18(12-8-16)24-20(22)14(3)4;1-11(2)17(19)21-15-7-5-14-10-16(8-6-13(14)9-15)22-18(20)12(3)4/h5-12H,1,3H2,2,4H3;5-10H,1,3H2,2,4H3. The zero-order valence-electron chi connectivity index (χ0n) is 26.2. The van der Waals surface area contributed by atoms with Gasteiger partial charge in [0.15, 0.2) is 0 Å². The number of hydrogen-bond acceptors (Lipinski definition) is 8. The number of fused-ring (bicyclic) bond motifs is 1. The van der Waals surface area contributed by atoms with Crippen LogP contribution in [0.3, 0.4) is 0 Å². The van der Waals surface area contributed by atoms with Gasteiger partial charge in [-0.15, -0.1) is 0 Å². The van der Waals surface area contributed by atoms with E-state index in [-0.39, 0.29) is 0 Å². The van der Waals surface area contributed by atoms with E-state index in [1.165, 1.54) is 0 Å². The molecule has 0 heterocycles. The van der Waals surface area contributed by atoms with E-state index in [0.29, 0.717) is 45.3 Å². The Morgan fingerprint density at radius 1 is 0.391 bits per heavy atom. The molecule has 234 valence electrons. The monoisotopic (exact) mass is 618 g/mol. The molecule has 46 heavy (non-hydrogen) atoms. The van der Waals surface area contributed by atoms with Gasteiger partial charge in [0.2, 0.25) is 0 Å². The highest BCUT2D eigenvalue weighted by Gasteiger charge is 2.10. The number of ether oxygens (including phenoxy) is 4. The fourth-order valence-electron chi connectivity index (χ4n) is 3.54. The van der Waals surface area contributed by atoms with Crippen LogP contribution in [0.25, 0.3) is 21.9 Å². The largest absolute Gasteiger partial charge is 0.423 e. The lowest BCUT2D eigenvalue weighted by atomic mass is 10.1. The first-order valence-corrected chi connectivity index (χ1v) is 14.0. The molecule has 0 aliphatic carbocycles. The maximum atomic E-state index is 11.5. The summed E-state index contributed by atoms with van der Waals surface area (Å²) in [6.07, 6.45) is 0. The van der Waals surface area contributed by atoms with Gasteiger partial charge < -0.3 is 18.9 Å². The van der Waals surface area contributed by atoms with Crippen LogP contribution < -0.4 is 18.9 Å². The van der Waals surface area contributed by atoms with Crippen molar-refractivity contribution in [2.45, 2.75) is 27.7 Å². The lowest BCUT2D eigenvalue weighted by Gasteiger charge is -2.07. The average Bonchev–Trinajstić information content (AvgIpc) is 3.02. The zero-order chi connectivity index (χ0) is 34.0. The van der Waals surface area contributed by atoms with Crippen LogP contribution in [-0.4, -0.2) is 23.9 Å². The normalized spacial score (nSPS) is 10.0. The maximum Gasteiger partial charge on any atom is 0.338 e. The van der Waals surface area contributed by atoms with Gasteiger partial charge in [0.1, 0.15) is 23.0 Å². The predicted molar refractivity (Wildman–Crippen MR) is 178 cm³/mol. The summed E-state index contributed by atoms with van der Waals surface area (Å²) in [6, 6.07) is 24.6. The molecular formula is C38H34O8. The van der Waals surface area contributed by atoms with Crippen molar-refractivity contribution in [1.29, 1.82) is 0 Å². The molecule has 0 spiro atoms. The summed E-state index contributed by atoms with van der Waals surface area (Å²) in [6.45, 7) is 20.5. The molecule has 0 unspecified atom stereocenters. The summed E-state index contributed by atoms with van der Waals surface area (Å²) in [5.41, 5.74) is 3.26. The SMILES string of the molecule is C=C(C)C(=O)Oc1ccc(-c2ccc(OC(=O)C(=C)C)cc2)cc1.C=C(C)C(=O)Oc1ccc2cc(OC(=O)C(=C)C)ccc2c1. The van der Waals surface area contributed by atoms with Gasteiger partial charge in [0, 0.05) is 22.3 Å². The minimum Gasteiger partial charge on any atom is -0.423 e. The van der Waals surface area contributed by atoms with Crippen molar-refractivity contribution < 1.29 is 38.1 Å². The van der Waals surface area contributed by atoms with Crippen LogP contribution in [0.5, 0.6) is 23.0 Å². The van der Waals surface area contributed by atoms with Crippen LogP contribution in [0.4, 0.5) is 0 Å². The smallest absolute Gasteiger partial charge is 0.338 e. The van der Waals surface area contributed by atoms with Crippen molar-refractivity contribution in [3.8, 4) is 34.1 Å². The quantitative estimate of drug-likeness (QED) is 0.105. The van der Waals surface area contributed by atoms with E-state index in [1.54, 1.807) is 88.4 Å². The molecule has 0 aliphatic heterocycles. The summed E-state index contributed by atoms with van der Waals surface area (Å²) in [4.78, 5) is 45.9. The van der Waals surface area contributed by atoms with E-state index < -0.39 is 23.9 Å². The van der Waals surface area contributed by atoms with Gasteiger partial charge in [-0.05, 0) is 98.1 Å². The first kappa shape index (κ1) is 34.5. The number of carbonyl (C=O) groups excluding carboxylic acids is 4. The third-order valence-corrected chi connectivity index (χ3v) is 6.06. The van der Waals surface area contributed by atoms with Crippen LogP contribution in [0.15, 0.2) is 134 Å². The molecule has 0 saturated carbocycles. The van der Waals surface area contributed by atoms with E-state index in [1.807, 2.05) is 24.3 Å². The predicted octanol–water partition coefficient (Wildman–Crippen LogP) is 8.12. The van der Waals surface area contributed by atoms with Crippen molar-refractivity contribution in [3.05, 3.63) is 134 Å². The Bertz CT molecular complexity index is 1710. The lowest BCUT2D eigenvalue weighted by molar-refractivity contribution is -0.130. The molecule has 0 saturated heterocycles. The van der Waals surface area contributed by atoms with Gasteiger partial charge in [0.25, 0.3) is 0 Å². The van der Waals surface area contributed by atoms with Crippen LogP contribution >= 0.6 is 0 Å². The van der Waals surface area contributed by atoms with Crippen LogP contribution in [0.2, 0.25) is 0 Å². The van der Waals surface area contributed by atoms with Gasteiger partial charge >= 0.3 is 23.9 Å². The molecule has 0 fully saturated rings. The fraction of sp³-hybridized carbons (Fsp3) is 0.105. The number of carbonyl (C=O) groups is 4. The highest BCUT2D eigenvalue weighted by atomic mass is 16.5. The summed E-state index contributed by atoms with van der Waals surface area (Å²) in [5, 5.41) is 1.73. The minimum absolute atomic E-state index is 0.335. The third-order valence-electron chi connectivity index (χ3n) is 6.06. The Hall–Kier alpha value is -6.02. The van der Waals surface area contributed by atoms with Crippen molar-refractivity contribution in [1.82, 2.24) is 0 Å². The molecule has 4 aromatic carbocycles. The van der Waals surface area contributed by atoms with Crippen molar-refractivity contribution in [3.63, 3.8) is 0 Å². The van der Waals surface area contributed by atoms with Gasteiger partial charge in [-0.25, -0.2) is 19.2 Å². The maximum absolute atomic E-state index is 11.5. The number of benzene rings is 4. The van der Waals surface area contributed by atoms with Gasteiger partial charge in [-0.2, -0.15) is 0 Å². The highest BCUT2D eigenvalue weighted by molar-refractivity contribution is 5.92. The van der Waals surface area contributed by atoms with E-state index in [0.717, 1.165) is 21.9 Å². The molecule has 8 heteroatoms. The van der Waals surface area contributed by atoms with Gasteiger partial charge in [-0.1, -0.05) is 62.7 Å². The van der Waals surface area contributed by atoms with Gasteiger partial charge in [-0.3, -0.25) is 0 Å². The molecule has 0 radical (unpaired) electrons. The summed E-state index contributed by atoms with van der Waals surface area (Å²) in [7, 11) is 0. The Kier molecular flexibility index (Phi) is 11.7. The number of hydrogen-bond donors (Lipinski definition) is 0. The Morgan fingerprint density at radius 2 is 0.630 bits per heavy atom. The number of esters is 4. The minimum atomic E-state index is -0.466. The van der Waals surface area contributed by atoms with E-state index in [2.05, 4.69) is 26.3 Å². The van der Waals surface area contributed by atoms with Crippen LogP contribution in [0.1, 0.15) is 27.7 Å². The lowest BCUT2D eigenvalue weighted by Crippen LogP contribution is -2.08. The summed E-state index contributed by atoms with van der Waals surface area (Å²) in [5.74, 6) is -0.0487. The Morgan fingerprint density at radius 3 is 0.891 bits per heavy atom. The third kappa shape index (κ3) is 10.0. The molecule has 4 aromatic rings. The summed E-state index contributed by atoms with van der Waals surface area (Å²) >= 11 is 0. The average molecular weight is 619 g/mol. The second kappa shape index (κ2) is 15.6. The topological polar surface area (TPSA) is 105 Å². The molecule has 0 amide bonds. The first-order valence-electron chi connectivity index (χ1n) is 14.0. The first-order chi connectivity index (χ1) is 21.7. The molecule has 4 rings (SSSR count). The van der Waals surface area contributed by atoms with Crippen molar-refractivity contribution in [2.24, 2.45) is 0 Å². The number of rotatable bonds is 9. The Balaban J connectivity index is 0.000000251. The van der Waals surface area contributed by atoms with Crippen molar-refractivity contribution in [2.75, 3.05) is 0 Å². The fourth-order valence-corrected chi connectivity index (χ4v) is 3.54. The molecule has 0 N–H and O–H groups in total.